The van der Waals surface area contributed by atoms with Gasteiger partial charge in [-0.05, 0) is 48.2 Å². The second-order valence-corrected chi connectivity index (χ2v) is 4.73. The molecule has 0 atom stereocenters. The molecule has 1 aromatic carbocycles. The SMILES string of the molecule is CSc1c(Br)ccc(OC(C)C)c1F. The van der Waals surface area contributed by atoms with E-state index in [2.05, 4.69) is 15.9 Å². The lowest BCUT2D eigenvalue weighted by atomic mass is 10.3. The molecule has 0 aromatic heterocycles. The van der Waals surface area contributed by atoms with Gasteiger partial charge in [-0.1, -0.05) is 0 Å². The lowest BCUT2D eigenvalue weighted by Gasteiger charge is -2.12. The zero-order valence-corrected chi connectivity index (χ0v) is 10.7. The third-order valence-corrected chi connectivity index (χ3v) is 3.31. The van der Waals surface area contributed by atoms with Crippen LogP contribution in [-0.2, 0) is 0 Å². The maximum Gasteiger partial charge on any atom is 0.179 e. The molecule has 78 valence electrons. The molecule has 0 saturated heterocycles. The fourth-order valence-corrected chi connectivity index (χ4v) is 2.38. The normalized spacial score (nSPS) is 10.7. The van der Waals surface area contributed by atoms with Gasteiger partial charge in [0.05, 0.1) is 11.0 Å². The summed E-state index contributed by atoms with van der Waals surface area (Å²) >= 11 is 4.65. The summed E-state index contributed by atoms with van der Waals surface area (Å²) in [7, 11) is 0. The minimum atomic E-state index is -0.291. The molecule has 0 radical (unpaired) electrons. The van der Waals surface area contributed by atoms with Gasteiger partial charge in [0.1, 0.15) is 0 Å². The Balaban J connectivity index is 3.08. The summed E-state index contributed by atoms with van der Waals surface area (Å²) in [5.74, 6) is 0.0214. The number of ether oxygens (including phenoxy) is 1. The Morgan fingerprint density at radius 3 is 2.57 bits per heavy atom. The number of halogens is 2. The average molecular weight is 279 g/mol. The highest BCUT2D eigenvalue weighted by molar-refractivity contribution is 9.10. The van der Waals surface area contributed by atoms with Crippen LogP contribution >= 0.6 is 27.7 Å². The van der Waals surface area contributed by atoms with Crippen LogP contribution in [0.2, 0.25) is 0 Å². The molecular weight excluding hydrogens is 267 g/mol. The van der Waals surface area contributed by atoms with E-state index in [1.807, 2.05) is 20.1 Å². The fourth-order valence-electron chi connectivity index (χ4n) is 1.05. The number of benzene rings is 1. The zero-order valence-electron chi connectivity index (χ0n) is 8.30. The quantitative estimate of drug-likeness (QED) is 0.770. The molecule has 0 aliphatic rings. The molecule has 0 unspecified atom stereocenters. The van der Waals surface area contributed by atoms with Crippen LogP contribution in [0.3, 0.4) is 0 Å². The van der Waals surface area contributed by atoms with Crippen LogP contribution in [0.25, 0.3) is 0 Å². The van der Waals surface area contributed by atoms with Crippen molar-refractivity contribution in [1.29, 1.82) is 0 Å². The molecule has 0 bridgehead atoms. The number of rotatable bonds is 3. The van der Waals surface area contributed by atoms with E-state index >= 15 is 0 Å². The Morgan fingerprint density at radius 2 is 2.07 bits per heavy atom. The Kier molecular flexibility index (Phi) is 4.26. The first-order chi connectivity index (χ1) is 6.56. The van der Waals surface area contributed by atoms with Crippen molar-refractivity contribution in [2.24, 2.45) is 0 Å². The second kappa shape index (κ2) is 5.03. The largest absolute Gasteiger partial charge is 0.488 e. The standard InChI is InChI=1S/C10H12BrFOS/c1-6(2)13-8-5-4-7(11)10(14-3)9(8)12/h4-6H,1-3H3. The summed E-state index contributed by atoms with van der Waals surface area (Å²) in [6.07, 6.45) is 1.82. The van der Waals surface area contributed by atoms with Crippen molar-refractivity contribution in [3.8, 4) is 5.75 Å². The van der Waals surface area contributed by atoms with Crippen LogP contribution in [0.1, 0.15) is 13.8 Å². The molecular formula is C10H12BrFOS. The summed E-state index contributed by atoms with van der Waals surface area (Å²) in [6, 6.07) is 3.44. The smallest absolute Gasteiger partial charge is 0.179 e. The molecule has 0 saturated carbocycles. The summed E-state index contributed by atoms with van der Waals surface area (Å²) < 4.78 is 19.8. The van der Waals surface area contributed by atoms with Crippen molar-refractivity contribution in [2.75, 3.05) is 6.26 Å². The van der Waals surface area contributed by atoms with E-state index in [1.54, 1.807) is 12.1 Å². The monoisotopic (exact) mass is 278 g/mol. The molecule has 4 heteroatoms. The van der Waals surface area contributed by atoms with Crippen molar-refractivity contribution in [3.05, 3.63) is 22.4 Å². The van der Waals surface area contributed by atoms with Gasteiger partial charge in [0.2, 0.25) is 0 Å². The van der Waals surface area contributed by atoms with Crippen LogP contribution in [-0.4, -0.2) is 12.4 Å². The lowest BCUT2D eigenvalue weighted by molar-refractivity contribution is 0.229. The molecule has 0 N–H and O–H groups in total. The fraction of sp³-hybridized carbons (Fsp3) is 0.400. The van der Waals surface area contributed by atoms with Gasteiger partial charge in [0, 0.05) is 4.47 Å². The van der Waals surface area contributed by atoms with Crippen molar-refractivity contribution in [1.82, 2.24) is 0 Å². The summed E-state index contributed by atoms with van der Waals surface area (Å²) in [5, 5.41) is 0. The van der Waals surface area contributed by atoms with Gasteiger partial charge in [0.15, 0.2) is 11.6 Å². The number of hydrogen-bond acceptors (Lipinski definition) is 2. The van der Waals surface area contributed by atoms with E-state index in [0.717, 1.165) is 4.47 Å². The molecule has 1 aromatic rings. The van der Waals surface area contributed by atoms with Crippen LogP contribution in [0.4, 0.5) is 4.39 Å². The van der Waals surface area contributed by atoms with E-state index in [1.165, 1.54) is 11.8 Å². The topological polar surface area (TPSA) is 9.23 Å². The van der Waals surface area contributed by atoms with E-state index in [0.29, 0.717) is 10.6 Å². The first kappa shape index (κ1) is 11.9. The minimum absolute atomic E-state index is 0.0135. The van der Waals surface area contributed by atoms with Crippen molar-refractivity contribution in [3.63, 3.8) is 0 Å². The third-order valence-electron chi connectivity index (χ3n) is 1.58. The molecule has 0 fully saturated rings. The maximum atomic E-state index is 13.7. The summed E-state index contributed by atoms with van der Waals surface area (Å²) in [5.41, 5.74) is 0. The molecule has 0 amide bonds. The van der Waals surface area contributed by atoms with Crippen LogP contribution < -0.4 is 4.74 Å². The molecule has 0 aliphatic carbocycles. The van der Waals surface area contributed by atoms with Gasteiger partial charge in [-0.15, -0.1) is 11.8 Å². The molecule has 0 spiro atoms. The first-order valence-corrected chi connectivity index (χ1v) is 6.26. The Hall–Kier alpha value is -0.220. The highest BCUT2D eigenvalue weighted by Gasteiger charge is 2.12. The van der Waals surface area contributed by atoms with Crippen LogP contribution in [0, 0.1) is 5.82 Å². The van der Waals surface area contributed by atoms with E-state index < -0.39 is 0 Å². The van der Waals surface area contributed by atoms with Crippen molar-refractivity contribution >= 4 is 27.7 Å². The maximum absolute atomic E-state index is 13.7. The Labute approximate surface area is 96.2 Å². The number of hydrogen-bond donors (Lipinski definition) is 0. The van der Waals surface area contributed by atoms with Crippen molar-refractivity contribution in [2.45, 2.75) is 24.8 Å². The Bertz CT molecular complexity index is 328. The molecule has 1 nitrogen and oxygen atoms in total. The van der Waals surface area contributed by atoms with E-state index in [-0.39, 0.29) is 11.9 Å². The van der Waals surface area contributed by atoms with Crippen LogP contribution in [0.5, 0.6) is 5.75 Å². The Morgan fingerprint density at radius 1 is 1.43 bits per heavy atom. The first-order valence-electron chi connectivity index (χ1n) is 4.25. The van der Waals surface area contributed by atoms with Crippen LogP contribution in [0.15, 0.2) is 21.5 Å². The number of thioether (sulfide) groups is 1. The minimum Gasteiger partial charge on any atom is -0.488 e. The van der Waals surface area contributed by atoms with Crippen molar-refractivity contribution < 1.29 is 9.13 Å². The predicted molar refractivity (Wildman–Crippen MR) is 61.6 cm³/mol. The zero-order chi connectivity index (χ0) is 10.7. The molecule has 0 aliphatic heterocycles. The lowest BCUT2D eigenvalue weighted by Crippen LogP contribution is -2.07. The molecule has 1 rings (SSSR count). The second-order valence-electron chi connectivity index (χ2n) is 3.06. The molecule has 0 heterocycles. The highest BCUT2D eigenvalue weighted by atomic mass is 79.9. The average Bonchev–Trinajstić information content (AvgIpc) is 2.10. The molecule has 14 heavy (non-hydrogen) atoms. The van der Waals surface area contributed by atoms with E-state index in [4.69, 9.17) is 4.74 Å². The van der Waals surface area contributed by atoms with Gasteiger partial charge in [-0.3, -0.25) is 0 Å². The summed E-state index contributed by atoms with van der Waals surface area (Å²) in [4.78, 5) is 0.586. The van der Waals surface area contributed by atoms with Gasteiger partial charge >= 0.3 is 0 Å². The van der Waals surface area contributed by atoms with Gasteiger partial charge in [-0.25, -0.2) is 4.39 Å². The third kappa shape index (κ3) is 2.64. The highest BCUT2D eigenvalue weighted by Crippen LogP contribution is 2.34. The van der Waals surface area contributed by atoms with E-state index in [9.17, 15) is 4.39 Å². The van der Waals surface area contributed by atoms with Gasteiger partial charge in [-0.2, -0.15) is 0 Å². The summed E-state index contributed by atoms with van der Waals surface area (Å²) in [6.45, 7) is 3.75. The van der Waals surface area contributed by atoms with Gasteiger partial charge in [0.25, 0.3) is 0 Å². The predicted octanol–water partition coefficient (Wildman–Crippen LogP) is 4.10. The van der Waals surface area contributed by atoms with Gasteiger partial charge < -0.3 is 4.74 Å².